The number of benzene rings is 2. The van der Waals surface area contributed by atoms with Crippen LogP contribution in [0.4, 0.5) is 11.8 Å². The van der Waals surface area contributed by atoms with Crippen molar-refractivity contribution in [3.63, 3.8) is 0 Å². The molecule has 2 fully saturated rings. The second-order valence-electron chi connectivity index (χ2n) is 11.5. The Bertz CT molecular complexity index is 2040. The summed E-state index contributed by atoms with van der Waals surface area (Å²) < 4.78 is 2.08. The molecule has 2 aliphatic rings. The summed E-state index contributed by atoms with van der Waals surface area (Å²) in [6.45, 7) is 2.51. The number of nitrogen functional groups attached to an aromatic ring is 1. The van der Waals surface area contributed by atoms with Gasteiger partial charge in [-0.15, -0.1) is 0 Å². The molecule has 220 valence electrons. The lowest BCUT2D eigenvalue weighted by molar-refractivity contribution is 0.160. The van der Waals surface area contributed by atoms with Gasteiger partial charge >= 0.3 is 0 Å². The number of anilines is 2. The van der Waals surface area contributed by atoms with Gasteiger partial charge in [-0.25, -0.2) is 24.9 Å². The van der Waals surface area contributed by atoms with Gasteiger partial charge in [0.05, 0.1) is 11.3 Å². The Labute approximate surface area is 259 Å². The molecule has 4 aromatic heterocycles. The molecule has 6 aromatic rings. The van der Waals surface area contributed by atoms with Gasteiger partial charge in [0.25, 0.3) is 0 Å². The summed E-state index contributed by atoms with van der Waals surface area (Å²) in [6, 6.07) is 29.4. The molecule has 11 heteroatoms. The molecule has 0 saturated carbocycles. The molecule has 0 spiro atoms. The second kappa shape index (κ2) is 11.1. The Morgan fingerprint density at radius 1 is 0.822 bits per heavy atom. The Morgan fingerprint density at radius 3 is 2.38 bits per heavy atom. The highest BCUT2D eigenvalue weighted by atomic mass is 15.4. The van der Waals surface area contributed by atoms with E-state index in [0.717, 1.165) is 66.1 Å². The van der Waals surface area contributed by atoms with E-state index < -0.39 is 0 Å². The van der Waals surface area contributed by atoms with Crippen LogP contribution in [0.5, 0.6) is 0 Å². The number of pyridine rings is 2. The van der Waals surface area contributed by atoms with E-state index in [0.29, 0.717) is 29.7 Å². The van der Waals surface area contributed by atoms with Gasteiger partial charge in [0.2, 0.25) is 11.8 Å². The van der Waals surface area contributed by atoms with Crippen LogP contribution in [-0.2, 0) is 6.54 Å². The third kappa shape index (κ3) is 4.91. The molecular formula is C34H29N11. The van der Waals surface area contributed by atoms with E-state index in [1.54, 1.807) is 6.20 Å². The monoisotopic (exact) mass is 591 g/mol. The molecule has 2 aromatic carbocycles. The van der Waals surface area contributed by atoms with Gasteiger partial charge in [-0.2, -0.15) is 10.2 Å². The SMILES string of the molecule is N#Cc1ncnc(N2CC3CCC(C2)N3Cc2ccc(-n3c(-c4cccnc4N)nc4ccc(-c5ccccc5)nc43)cc2)n1. The zero-order chi connectivity index (χ0) is 30.3. The predicted molar refractivity (Wildman–Crippen MR) is 171 cm³/mol. The molecule has 0 amide bonds. The number of aromatic nitrogens is 7. The van der Waals surface area contributed by atoms with E-state index in [9.17, 15) is 5.26 Å². The summed E-state index contributed by atoms with van der Waals surface area (Å²) in [6.07, 6.45) is 5.36. The number of rotatable bonds is 6. The van der Waals surface area contributed by atoms with E-state index in [1.807, 2.05) is 48.5 Å². The minimum atomic E-state index is 0.154. The molecule has 2 bridgehead atoms. The highest BCUT2D eigenvalue weighted by Gasteiger charge is 2.40. The standard InChI is InChI=1S/C34H29N11/c35-17-30-38-21-39-34(42-30)43-19-25-12-13-26(20-43)44(25)18-22-8-10-24(11-9-22)45-32(27-7-4-16-37-31(27)36)41-29-15-14-28(40-33(29)45)23-5-2-1-3-6-23/h1-11,14-16,21,25-26H,12-13,18-20H2,(H2,36,37). The van der Waals surface area contributed by atoms with Crippen molar-refractivity contribution in [3.05, 3.63) is 103 Å². The normalized spacial score (nSPS) is 17.9. The first-order valence-electron chi connectivity index (χ1n) is 15.0. The summed E-state index contributed by atoms with van der Waals surface area (Å²) in [7, 11) is 0. The van der Waals surface area contributed by atoms with Gasteiger partial charge in [-0.3, -0.25) is 9.47 Å². The van der Waals surface area contributed by atoms with E-state index in [4.69, 9.17) is 15.7 Å². The van der Waals surface area contributed by atoms with E-state index >= 15 is 0 Å². The fourth-order valence-electron chi connectivity index (χ4n) is 6.63. The highest BCUT2D eigenvalue weighted by molar-refractivity contribution is 5.84. The first-order chi connectivity index (χ1) is 22.1. The lowest BCUT2D eigenvalue weighted by atomic mass is 10.1. The molecule has 11 nitrogen and oxygen atoms in total. The number of imidazole rings is 1. The topological polar surface area (TPSA) is 139 Å². The van der Waals surface area contributed by atoms with Crippen molar-refractivity contribution >= 4 is 22.9 Å². The number of hydrogen-bond acceptors (Lipinski definition) is 10. The molecule has 2 atom stereocenters. The molecule has 0 aliphatic carbocycles. The van der Waals surface area contributed by atoms with Crippen LogP contribution in [0.3, 0.4) is 0 Å². The zero-order valence-electron chi connectivity index (χ0n) is 24.4. The van der Waals surface area contributed by atoms with Crippen molar-refractivity contribution in [2.75, 3.05) is 23.7 Å². The largest absolute Gasteiger partial charge is 0.383 e. The Morgan fingerprint density at radius 2 is 1.62 bits per heavy atom. The molecule has 2 N–H and O–H groups in total. The van der Waals surface area contributed by atoms with E-state index in [1.165, 1.54) is 11.9 Å². The van der Waals surface area contributed by atoms with Crippen LogP contribution in [0.25, 0.3) is 39.5 Å². The Balaban J connectivity index is 1.10. The summed E-state index contributed by atoms with van der Waals surface area (Å²) in [5.41, 5.74) is 12.8. The second-order valence-corrected chi connectivity index (χ2v) is 11.5. The maximum absolute atomic E-state index is 9.21. The van der Waals surface area contributed by atoms with Gasteiger partial charge < -0.3 is 10.6 Å². The summed E-state index contributed by atoms with van der Waals surface area (Å²) in [5, 5.41) is 9.21. The fraction of sp³-hybridized carbons (Fsp3) is 0.206. The first kappa shape index (κ1) is 26.9. The van der Waals surface area contributed by atoms with E-state index in [2.05, 4.69) is 70.7 Å². The van der Waals surface area contributed by atoms with Crippen molar-refractivity contribution < 1.29 is 0 Å². The maximum atomic E-state index is 9.21. The first-order valence-corrected chi connectivity index (χ1v) is 15.0. The third-order valence-corrected chi connectivity index (χ3v) is 8.79. The van der Waals surface area contributed by atoms with Crippen LogP contribution in [-0.4, -0.2) is 64.5 Å². The van der Waals surface area contributed by atoms with Gasteiger partial charge in [-0.05, 0) is 54.8 Å². The van der Waals surface area contributed by atoms with Crippen LogP contribution in [0.2, 0.25) is 0 Å². The molecule has 6 heterocycles. The number of fused-ring (bicyclic) bond motifs is 3. The number of hydrogen-bond donors (Lipinski definition) is 1. The van der Waals surface area contributed by atoms with Crippen LogP contribution in [0.15, 0.2) is 91.4 Å². The van der Waals surface area contributed by atoms with Crippen molar-refractivity contribution in [1.29, 1.82) is 5.26 Å². The minimum absolute atomic E-state index is 0.154. The van der Waals surface area contributed by atoms with Crippen molar-refractivity contribution in [2.45, 2.75) is 31.5 Å². The van der Waals surface area contributed by atoms with Crippen molar-refractivity contribution in [1.82, 2.24) is 39.4 Å². The zero-order valence-corrected chi connectivity index (χ0v) is 24.4. The summed E-state index contributed by atoms with van der Waals surface area (Å²) in [4.78, 5) is 31.8. The molecule has 8 rings (SSSR count). The predicted octanol–water partition coefficient (Wildman–Crippen LogP) is 4.64. The molecule has 2 aliphatic heterocycles. The molecule has 45 heavy (non-hydrogen) atoms. The van der Waals surface area contributed by atoms with Gasteiger partial charge in [0, 0.05) is 49.2 Å². The van der Waals surface area contributed by atoms with Gasteiger partial charge in [0.1, 0.15) is 23.7 Å². The maximum Gasteiger partial charge on any atom is 0.236 e. The lowest BCUT2D eigenvalue weighted by Gasteiger charge is -2.41. The van der Waals surface area contributed by atoms with Gasteiger partial charge in [0.15, 0.2) is 11.5 Å². The van der Waals surface area contributed by atoms with Gasteiger partial charge in [-0.1, -0.05) is 42.5 Å². The number of nitrogens with zero attached hydrogens (tertiary/aromatic N) is 10. The summed E-state index contributed by atoms with van der Waals surface area (Å²) in [5.74, 6) is 1.86. The average molecular weight is 592 g/mol. The Hall–Kier alpha value is -5.73. The highest BCUT2D eigenvalue weighted by Crippen LogP contribution is 2.34. The third-order valence-electron chi connectivity index (χ3n) is 8.79. The smallest absolute Gasteiger partial charge is 0.236 e. The number of nitrogens with two attached hydrogens (primary N) is 1. The lowest BCUT2D eigenvalue weighted by Crippen LogP contribution is -2.53. The number of piperazine rings is 1. The van der Waals surface area contributed by atoms with E-state index in [-0.39, 0.29) is 5.82 Å². The average Bonchev–Trinajstić information content (AvgIpc) is 3.57. The minimum Gasteiger partial charge on any atom is -0.383 e. The van der Waals surface area contributed by atoms with Crippen LogP contribution in [0, 0.1) is 11.3 Å². The molecule has 2 saturated heterocycles. The molecule has 2 unspecified atom stereocenters. The van der Waals surface area contributed by atoms with Crippen LogP contribution in [0.1, 0.15) is 24.2 Å². The van der Waals surface area contributed by atoms with Crippen molar-refractivity contribution in [2.24, 2.45) is 0 Å². The summed E-state index contributed by atoms with van der Waals surface area (Å²) >= 11 is 0. The molecule has 0 radical (unpaired) electrons. The van der Waals surface area contributed by atoms with Crippen molar-refractivity contribution in [3.8, 4) is 34.4 Å². The quantitative estimate of drug-likeness (QED) is 0.291. The Kier molecular flexibility index (Phi) is 6.61. The van der Waals surface area contributed by atoms with Crippen LogP contribution < -0.4 is 10.6 Å². The fourth-order valence-corrected chi connectivity index (χ4v) is 6.63. The van der Waals surface area contributed by atoms with Crippen LogP contribution >= 0.6 is 0 Å². The number of nitriles is 1. The molecular weight excluding hydrogens is 562 g/mol.